The van der Waals surface area contributed by atoms with Gasteiger partial charge in [-0.15, -0.1) is 0 Å². The summed E-state index contributed by atoms with van der Waals surface area (Å²) in [5.41, 5.74) is 0. The molecule has 1 aliphatic carbocycles. The molecule has 1 aromatic carbocycles. The Hall–Kier alpha value is -1.03. The molecule has 0 heterocycles. The molecule has 1 fully saturated rings. The quantitative estimate of drug-likeness (QED) is 0.351. The topological polar surface area (TPSA) is 43.1 Å². The summed E-state index contributed by atoms with van der Waals surface area (Å²) in [5, 5.41) is 11.4. The van der Waals surface area contributed by atoms with Crippen molar-refractivity contribution in [1.82, 2.24) is 0 Å². The van der Waals surface area contributed by atoms with Gasteiger partial charge >= 0.3 is 0 Å². The van der Waals surface area contributed by atoms with Crippen molar-refractivity contribution in [3.8, 4) is 0 Å². The molecule has 4 heteroatoms. The van der Waals surface area contributed by atoms with Crippen LogP contribution < -0.4 is 0 Å². The van der Waals surface area contributed by atoms with E-state index in [-0.39, 0.29) is 4.92 Å². The van der Waals surface area contributed by atoms with E-state index in [0.717, 1.165) is 30.6 Å². The third kappa shape index (κ3) is 3.00. The molecule has 1 saturated carbocycles. The predicted molar refractivity (Wildman–Crippen MR) is 69.7 cm³/mol. The Balaban J connectivity index is 2.19. The van der Waals surface area contributed by atoms with Gasteiger partial charge in [-0.05, 0) is 36.7 Å². The van der Waals surface area contributed by atoms with Gasteiger partial charge in [0.1, 0.15) is 0 Å². The van der Waals surface area contributed by atoms with Crippen LogP contribution in [0.3, 0.4) is 0 Å². The number of benzene rings is 1. The van der Waals surface area contributed by atoms with Crippen molar-refractivity contribution in [1.29, 1.82) is 0 Å². The molecule has 1 aliphatic rings. The van der Waals surface area contributed by atoms with Crippen molar-refractivity contribution in [2.75, 3.05) is 0 Å². The predicted octanol–water partition coefficient (Wildman–Crippen LogP) is 4.11. The highest BCUT2D eigenvalue weighted by atomic mass is 32.2. The van der Waals surface area contributed by atoms with Crippen molar-refractivity contribution >= 4 is 11.8 Å². The molecule has 2 rings (SSSR count). The van der Waals surface area contributed by atoms with E-state index in [1.54, 1.807) is 0 Å². The molecule has 0 atom stereocenters. The summed E-state index contributed by atoms with van der Waals surface area (Å²) >= 11 is 1.43. The number of rotatable bonds is 3. The van der Waals surface area contributed by atoms with E-state index in [1.165, 1.54) is 11.8 Å². The van der Waals surface area contributed by atoms with Gasteiger partial charge < -0.3 is 0 Å². The maximum Gasteiger partial charge on any atom is 0.271 e. The van der Waals surface area contributed by atoms with E-state index in [9.17, 15) is 10.1 Å². The normalized spacial score (nSPS) is 19.5. The van der Waals surface area contributed by atoms with Crippen LogP contribution in [0.25, 0.3) is 0 Å². The van der Waals surface area contributed by atoms with Crippen LogP contribution in [0, 0.1) is 10.1 Å². The molecular weight excluding hydrogens is 234 g/mol. The summed E-state index contributed by atoms with van der Waals surface area (Å²) in [5.74, 6) is 0. The second-order valence-electron chi connectivity index (χ2n) is 4.53. The Labute approximate surface area is 106 Å². The Bertz CT molecular complexity index is 372. The molecule has 92 valence electrons. The second kappa shape index (κ2) is 5.54. The smallest absolute Gasteiger partial charge is 0.263 e. The highest BCUT2D eigenvalue weighted by Crippen LogP contribution is 2.43. The van der Waals surface area contributed by atoms with Crippen LogP contribution in [-0.2, 0) is 0 Å². The van der Waals surface area contributed by atoms with Gasteiger partial charge in [0.25, 0.3) is 4.87 Å². The van der Waals surface area contributed by atoms with E-state index >= 15 is 0 Å². The van der Waals surface area contributed by atoms with Crippen LogP contribution in [0.4, 0.5) is 0 Å². The SMILES string of the molecule is O=[N+]([O-])C1(Sc2ccccc2)CCCCCC1. The fourth-order valence-electron chi connectivity index (χ4n) is 2.31. The summed E-state index contributed by atoms with van der Waals surface area (Å²) in [6.45, 7) is 0. The van der Waals surface area contributed by atoms with E-state index in [4.69, 9.17) is 0 Å². The van der Waals surface area contributed by atoms with Crippen molar-refractivity contribution < 1.29 is 4.92 Å². The van der Waals surface area contributed by atoms with Gasteiger partial charge in [-0.2, -0.15) is 0 Å². The first kappa shape index (κ1) is 12.4. The molecule has 0 radical (unpaired) electrons. The lowest BCUT2D eigenvalue weighted by molar-refractivity contribution is -0.540. The summed E-state index contributed by atoms with van der Waals surface area (Å²) in [4.78, 5) is 11.6. The minimum Gasteiger partial charge on any atom is -0.263 e. The molecule has 0 saturated heterocycles. The first-order valence-electron chi connectivity index (χ1n) is 6.11. The van der Waals surface area contributed by atoms with E-state index in [0.29, 0.717) is 12.8 Å². The summed E-state index contributed by atoms with van der Waals surface area (Å²) < 4.78 is 0. The van der Waals surface area contributed by atoms with Gasteiger partial charge in [-0.3, -0.25) is 10.1 Å². The minimum atomic E-state index is -0.794. The van der Waals surface area contributed by atoms with Crippen molar-refractivity contribution in [2.45, 2.75) is 48.3 Å². The second-order valence-corrected chi connectivity index (χ2v) is 5.97. The Morgan fingerprint density at radius 3 is 2.18 bits per heavy atom. The molecule has 0 N–H and O–H groups in total. The molecule has 0 spiro atoms. The zero-order valence-electron chi connectivity index (χ0n) is 9.80. The molecule has 0 aromatic heterocycles. The average Bonchev–Trinajstić information content (AvgIpc) is 2.57. The Kier molecular flexibility index (Phi) is 4.05. The molecule has 0 aliphatic heterocycles. The van der Waals surface area contributed by atoms with Gasteiger partial charge in [0.2, 0.25) is 0 Å². The van der Waals surface area contributed by atoms with Gasteiger partial charge in [-0.1, -0.05) is 31.0 Å². The molecule has 17 heavy (non-hydrogen) atoms. The van der Waals surface area contributed by atoms with Crippen LogP contribution in [-0.4, -0.2) is 9.79 Å². The van der Waals surface area contributed by atoms with Crippen LogP contribution in [0.15, 0.2) is 35.2 Å². The number of nitrogens with zero attached hydrogens (tertiary/aromatic N) is 1. The first-order valence-corrected chi connectivity index (χ1v) is 6.93. The van der Waals surface area contributed by atoms with Gasteiger partial charge in [0.15, 0.2) is 0 Å². The molecule has 3 nitrogen and oxygen atoms in total. The molecular formula is C13H17NO2S. The van der Waals surface area contributed by atoms with Crippen LogP contribution in [0.1, 0.15) is 38.5 Å². The largest absolute Gasteiger partial charge is 0.271 e. The zero-order valence-corrected chi connectivity index (χ0v) is 10.6. The van der Waals surface area contributed by atoms with Crippen molar-refractivity contribution in [3.05, 3.63) is 40.4 Å². The monoisotopic (exact) mass is 251 g/mol. The van der Waals surface area contributed by atoms with Crippen LogP contribution >= 0.6 is 11.8 Å². The van der Waals surface area contributed by atoms with Crippen molar-refractivity contribution in [3.63, 3.8) is 0 Å². The summed E-state index contributed by atoms with van der Waals surface area (Å²) in [7, 11) is 0. The van der Waals surface area contributed by atoms with E-state index < -0.39 is 4.87 Å². The highest BCUT2D eigenvalue weighted by molar-refractivity contribution is 8.00. The Morgan fingerprint density at radius 2 is 1.65 bits per heavy atom. The van der Waals surface area contributed by atoms with Gasteiger partial charge in [0, 0.05) is 22.7 Å². The fraction of sp³-hybridized carbons (Fsp3) is 0.538. The summed E-state index contributed by atoms with van der Waals surface area (Å²) in [6, 6.07) is 9.73. The number of hydrogen-bond acceptors (Lipinski definition) is 3. The van der Waals surface area contributed by atoms with Gasteiger partial charge in [0.05, 0.1) is 0 Å². The zero-order chi connectivity index (χ0) is 12.1. The molecule has 0 unspecified atom stereocenters. The average molecular weight is 251 g/mol. The van der Waals surface area contributed by atoms with E-state index in [1.807, 2.05) is 30.3 Å². The lowest BCUT2D eigenvalue weighted by atomic mass is 10.1. The van der Waals surface area contributed by atoms with E-state index in [2.05, 4.69) is 0 Å². The highest BCUT2D eigenvalue weighted by Gasteiger charge is 2.43. The lowest BCUT2D eigenvalue weighted by Gasteiger charge is -2.22. The number of nitro groups is 1. The van der Waals surface area contributed by atoms with Gasteiger partial charge in [-0.25, -0.2) is 0 Å². The lowest BCUT2D eigenvalue weighted by Crippen LogP contribution is -2.33. The fourth-order valence-corrected chi connectivity index (χ4v) is 3.61. The molecule has 0 bridgehead atoms. The maximum absolute atomic E-state index is 11.4. The first-order chi connectivity index (χ1) is 8.23. The molecule has 1 aromatic rings. The maximum atomic E-state index is 11.4. The number of hydrogen-bond donors (Lipinski definition) is 0. The Morgan fingerprint density at radius 1 is 1.06 bits per heavy atom. The standard InChI is InChI=1S/C13H17NO2S/c15-14(16)13(10-6-1-2-7-11-13)17-12-8-4-3-5-9-12/h3-5,8-9H,1-2,6-7,10-11H2. The molecule has 0 amide bonds. The third-order valence-electron chi connectivity index (χ3n) is 3.27. The van der Waals surface area contributed by atoms with Crippen LogP contribution in [0.2, 0.25) is 0 Å². The van der Waals surface area contributed by atoms with Crippen molar-refractivity contribution in [2.24, 2.45) is 0 Å². The summed E-state index contributed by atoms with van der Waals surface area (Å²) in [6.07, 6.45) is 5.59. The van der Waals surface area contributed by atoms with Crippen LogP contribution in [0.5, 0.6) is 0 Å². The third-order valence-corrected chi connectivity index (χ3v) is 4.71. The minimum absolute atomic E-state index is 0.0595. The number of thioether (sulfide) groups is 1.